The van der Waals surface area contributed by atoms with Crippen LogP contribution in [0.5, 0.6) is 0 Å². The smallest absolute Gasteiger partial charge is 0.0158 e. The van der Waals surface area contributed by atoms with Crippen molar-refractivity contribution in [3.8, 4) is 0 Å². The van der Waals surface area contributed by atoms with E-state index in [1.54, 1.807) is 11.1 Å². The van der Waals surface area contributed by atoms with Gasteiger partial charge in [-0.3, -0.25) is 4.90 Å². The Morgan fingerprint density at radius 3 is 2.18 bits per heavy atom. The summed E-state index contributed by atoms with van der Waals surface area (Å²) < 4.78 is 0. The second-order valence-corrected chi connectivity index (χ2v) is 8.97. The summed E-state index contributed by atoms with van der Waals surface area (Å²) in [6, 6.07) is 8.27. The Hall–Kier alpha value is -0.820. The molecule has 2 fully saturated rings. The average Bonchev–Trinajstić information content (AvgIpc) is 3.04. The van der Waals surface area contributed by atoms with Crippen molar-refractivity contribution in [1.82, 2.24) is 4.90 Å². The maximum absolute atomic E-state index is 2.85. The molecule has 3 aliphatic rings. The van der Waals surface area contributed by atoms with Crippen molar-refractivity contribution in [2.75, 3.05) is 13.1 Å². The Morgan fingerprint density at radius 1 is 0.909 bits per heavy atom. The lowest BCUT2D eigenvalue weighted by Crippen LogP contribution is -2.40. The van der Waals surface area contributed by atoms with Gasteiger partial charge < -0.3 is 0 Å². The zero-order valence-electron chi connectivity index (χ0n) is 14.6. The van der Waals surface area contributed by atoms with Gasteiger partial charge in [0.1, 0.15) is 0 Å². The van der Waals surface area contributed by atoms with Gasteiger partial charge >= 0.3 is 0 Å². The lowest BCUT2D eigenvalue weighted by Gasteiger charge is -2.32. The minimum absolute atomic E-state index is 0.273. The summed E-state index contributed by atoms with van der Waals surface area (Å²) in [5.41, 5.74) is 5.12. The first-order chi connectivity index (χ1) is 10.5. The standard InChI is InChI=1S/C21H31N/c1-21(2,3)19-9-8-15-12-16-6-7-17(13-18(15)14-19)20(16)22-10-4-5-11-22/h8-9,14,16-17,20H,4-7,10-13H2,1-3H3. The Balaban J connectivity index is 1.65. The third-order valence-electron chi connectivity index (χ3n) is 6.47. The minimum atomic E-state index is 0.273. The molecule has 3 unspecified atom stereocenters. The molecule has 3 atom stereocenters. The van der Waals surface area contributed by atoms with Crippen molar-refractivity contribution in [2.24, 2.45) is 11.8 Å². The molecule has 0 spiro atoms. The fraction of sp³-hybridized carbons (Fsp3) is 0.714. The van der Waals surface area contributed by atoms with E-state index in [0.717, 1.165) is 17.9 Å². The number of hydrogen-bond acceptors (Lipinski definition) is 1. The van der Waals surface area contributed by atoms with Gasteiger partial charge in [-0.25, -0.2) is 0 Å². The number of nitrogens with zero attached hydrogens (tertiary/aromatic N) is 1. The largest absolute Gasteiger partial charge is 0.300 e. The van der Waals surface area contributed by atoms with Gasteiger partial charge in [-0.05, 0) is 85.6 Å². The maximum Gasteiger partial charge on any atom is 0.0158 e. The van der Waals surface area contributed by atoms with E-state index >= 15 is 0 Å². The average molecular weight is 297 g/mol. The van der Waals surface area contributed by atoms with Crippen LogP contribution in [0.3, 0.4) is 0 Å². The van der Waals surface area contributed by atoms with Crippen LogP contribution in [0.4, 0.5) is 0 Å². The topological polar surface area (TPSA) is 3.24 Å². The summed E-state index contributed by atoms with van der Waals surface area (Å²) in [5, 5.41) is 0. The van der Waals surface area contributed by atoms with Gasteiger partial charge in [-0.2, -0.15) is 0 Å². The highest BCUT2D eigenvalue weighted by Crippen LogP contribution is 2.44. The van der Waals surface area contributed by atoms with Crippen molar-refractivity contribution >= 4 is 0 Å². The third-order valence-corrected chi connectivity index (χ3v) is 6.47. The molecule has 1 saturated carbocycles. The molecule has 1 heteroatoms. The van der Waals surface area contributed by atoms with Gasteiger partial charge in [0.2, 0.25) is 0 Å². The molecule has 1 heterocycles. The van der Waals surface area contributed by atoms with Crippen molar-refractivity contribution < 1.29 is 0 Å². The van der Waals surface area contributed by atoms with E-state index in [2.05, 4.69) is 43.9 Å². The molecule has 0 radical (unpaired) electrons. The molecule has 1 aliphatic heterocycles. The fourth-order valence-corrected chi connectivity index (χ4v) is 5.28. The van der Waals surface area contributed by atoms with Crippen LogP contribution in [0, 0.1) is 11.8 Å². The molecule has 1 nitrogen and oxygen atoms in total. The quantitative estimate of drug-likeness (QED) is 0.734. The summed E-state index contributed by atoms with van der Waals surface area (Å²) in [7, 11) is 0. The molecule has 2 aliphatic carbocycles. The molecule has 0 aromatic heterocycles. The van der Waals surface area contributed by atoms with E-state index in [9.17, 15) is 0 Å². The lowest BCUT2D eigenvalue weighted by atomic mass is 9.83. The van der Waals surface area contributed by atoms with Crippen molar-refractivity contribution in [1.29, 1.82) is 0 Å². The number of rotatable bonds is 1. The molecule has 2 bridgehead atoms. The SMILES string of the molecule is CC(C)(C)c1ccc2c(c1)CC1CCC(C2)C1N1CCCC1. The fourth-order valence-electron chi connectivity index (χ4n) is 5.28. The first kappa shape index (κ1) is 14.8. The number of likely N-dealkylation sites (tertiary alicyclic amines) is 1. The van der Waals surface area contributed by atoms with Crippen molar-refractivity contribution in [2.45, 2.75) is 70.8 Å². The van der Waals surface area contributed by atoms with Crippen LogP contribution in [0.25, 0.3) is 0 Å². The van der Waals surface area contributed by atoms with Crippen LogP contribution < -0.4 is 0 Å². The highest BCUT2D eigenvalue weighted by atomic mass is 15.2. The zero-order chi connectivity index (χ0) is 15.3. The van der Waals surface area contributed by atoms with Gasteiger partial charge in [-0.1, -0.05) is 39.0 Å². The van der Waals surface area contributed by atoms with Crippen LogP contribution in [0.15, 0.2) is 18.2 Å². The molecule has 22 heavy (non-hydrogen) atoms. The molecule has 1 saturated heterocycles. The second kappa shape index (κ2) is 5.37. The molecular formula is C21H31N. The summed E-state index contributed by atoms with van der Waals surface area (Å²) >= 11 is 0. The summed E-state index contributed by atoms with van der Waals surface area (Å²) in [4.78, 5) is 2.85. The Kier molecular flexibility index (Phi) is 3.60. The highest BCUT2D eigenvalue weighted by molar-refractivity contribution is 5.37. The number of hydrogen-bond donors (Lipinski definition) is 0. The van der Waals surface area contributed by atoms with Crippen LogP contribution in [0.1, 0.15) is 63.1 Å². The van der Waals surface area contributed by atoms with Crippen LogP contribution in [-0.2, 0) is 18.3 Å². The molecule has 4 rings (SSSR count). The zero-order valence-corrected chi connectivity index (χ0v) is 14.6. The maximum atomic E-state index is 2.85. The van der Waals surface area contributed by atoms with E-state index in [0.29, 0.717) is 0 Å². The summed E-state index contributed by atoms with van der Waals surface area (Å²) in [6.45, 7) is 9.74. The van der Waals surface area contributed by atoms with Crippen LogP contribution in [0.2, 0.25) is 0 Å². The van der Waals surface area contributed by atoms with Crippen LogP contribution in [-0.4, -0.2) is 24.0 Å². The Morgan fingerprint density at radius 2 is 1.55 bits per heavy atom. The van der Waals surface area contributed by atoms with Crippen molar-refractivity contribution in [3.05, 3.63) is 34.9 Å². The Labute approximate surface area is 136 Å². The van der Waals surface area contributed by atoms with Gasteiger partial charge in [0.25, 0.3) is 0 Å². The normalized spacial score (nSPS) is 32.0. The third kappa shape index (κ3) is 2.52. The van der Waals surface area contributed by atoms with E-state index < -0.39 is 0 Å². The molecular weight excluding hydrogens is 266 g/mol. The van der Waals surface area contributed by atoms with Gasteiger partial charge in [0.05, 0.1) is 0 Å². The Bertz CT molecular complexity index is 548. The predicted octanol–water partition coefficient (Wildman–Crippen LogP) is 4.57. The monoisotopic (exact) mass is 297 g/mol. The molecule has 0 N–H and O–H groups in total. The first-order valence-corrected chi connectivity index (χ1v) is 9.39. The van der Waals surface area contributed by atoms with Crippen molar-refractivity contribution in [3.63, 3.8) is 0 Å². The van der Waals surface area contributed by atoms with E-state index in [-0.39, 0.29) is 5.41 Å². The van der Waals surface area contributed by atoms with Gasteiger partial charge in [-0.15, -0.1) is 0 Å². The summed E-state index contributed by atoms with van der Waals surface area (Å²) in [6.07, 6.45) is 8.44. The minimum Gasteiger partial charge on any atom is -0.300 e. The van der Waals surface area contributed by atoms with E-state index in [1.165, 1.54) is 57.2 Å². The van der Waals surface area contributed by atoms with Gasteiger partial charge in [0.15, 0.2) is 0 Å². The highest BCUT2D eigenvalue weighted by Gasteiger charge is 2.42. The first-order valence-electron chi connectivity index (χ1n) is 9.39. The van der Waals surface area contributed by atoms with E-state index in [1.807, 2.05) is 0 Å². The molecule has 1 aromatic carbocycles. The number of fused-ring (bicyclic) bond motifs is 3. The molecule has 1 aromatic rings. The molecule has 0 amide bonds. The van der Waals surface area contributed by atoms with Gasteiger partial charge in [0, 0.05) is 6.04 Å². The number of benzene rings is 1. The lowest BCUT2D eigenvalue weighted by molar-refractivity contribution is 0.159. The summed E-state index contributed by atoms with van der Waals surface area (Å²) in [5.74, 6) is 1.84. The van der Waals surface area contributed by atoms with E-state index in [4.69, 9.17) is 0 Å². The second-order valence-electron chi connectivity index (χ2n) is 8.97. The van der Waals surface area contributed by atoms with Crippen LogP contribution >= 0.6 is 0 Å². The molecule has 120 valence electrons. The predicted molar refractivity (Wildman–Crippen MR) is 93.4 cm³/mol.